The van der Waals surface area contributed by atoms with Crippen LogP contribution in [0.2, 0.25) is 0 Å². The first kappa shape index (κ1) is 11.5. The van der Waals surface area contributed by atoms with Gasteiger partial charge in [-0.05, 0) is 43.4 Å². The molecule has 1 aromatic carbocycles. The molecule has 3 aliphatic heterocycles. The monoisotopic (exact) mass is 245 g/mol. The number of fused-ring (bicyclic) bond motifs is 3. The highest BCUT2D eigenvalue weighted by atomic mass is 16.2. The number of nitrogens with one attached hydrogen (secondary N) is 1. The molecule has 0 atom stereocenters. The largest absolute Gasteiger partial charge is 0.336 e. The summed E-state index contributed by atoms with van der Waals surface area (Å²) in [6.07, 6.45) is 2.46. The van der Waals surface area contributed by atoms with E-state index in [2.05, 4.69) is 10.3 Å². The fraction of sp³-hybridized carbons (Fsp3) is 0.500. The summed E-state index contributed by atoms with van der Waals surface area (Å²) in [6, 6.07) is 7.93. The Kier molecular flexibility index (Phi) is 2.96. The summed E-state index contributed by atoms with van der Waals surface area (Å²) in [4.78, 5) is 12.2. The third-order valence-electron chi connectivity index (χ3n) is 3.87. The van der Waals surface area contributed by atoms with Gasteiger partial charge in [-0.1, -0.05) is 12.1 Å². The van der Waals surface area contributed by atoms with Gasteiger partial charge in [-0.25, -0.2) is 9.80 Å². The summed E-state index contributed by atoms with van der Waals surface area (Å²) in [5.74, 6) is 0.693. The van der Waals surface area contributed by atoms with E-state index in [1.54, 1.807) is 0 Å². The Hall–Kier alpha value is -1.55. The van der Waals surface area contributed by atoms with Gasteiger partial charge in [0.1, 0.15) is 0 Å². The zero-order valence-corrected chi connectivity index (χ0v) is 10.7. The summed E-state index contributed by atoms with van der Waals surface area (Å²) >= 11 is 0. The molecule has 3 fully saturated rings. The van der Waals surface area contributed by atoms with Gasteiger partial charge in [0.15, 0.2) is 0 Å². The number of hydrogen-bond acceptors (Lipinski definition) is 2. The lowest BCUT2D eigenvalue weighted by Gasteiger charge is -2.47. The number of benzene rings is 1. The number of carbonyl (C=O) groups excluding carboxylic acids is 1. The molecule has 2 amide bonds. The number of urea groups is 1. The predicted molar refractivity (Wildman–Crippen MR) is 71.2 cm³/mol. The van der Waals surface area contributed by atoms with Gasteiger partial charge in [0.25, 0.3) is 0 Å². The Bertz CT molecular complexity index is 452. The van der Waals surface area contributed by atoms with Gasteiger partial charge in [0.05, 0.1) is 0 Å². The van der Waals surface area contributed by atoms with Crippen LogP contribution in [0.15, 0.2) is 24.3 Å². The Morgan fingerprint density at radius 2 is 2.11 bits per heavy atom. The van der Waals surface area contributed by atoms with Crippen molar-refractivity contribution in [3.05, 3.63) is 29.8 Å². The number of amides is 2. The highest BCUT2D eigenvalue weighted by Gasteiger charge is 2.34. The third kappa shape index (κ3) is 2.20. The molecule has 3 heterocycles. The van der Waals surface area contributed by atoms with E-state index in [1.165, 1.54) is 12.8 Å². The third-order valence-corrected chi connectivity index (χ3v) is 3.87. The minimum Gasteiger partial charge on any atom is -0.307 e. The second-order valence-electron chi connectivity index (χ2n) is 5.28. The van der Waals surface area contributed by atoms with Gasteiger partial charge in [0, 0.05) is 25.3 Å². The molecule has 4 nitrogen and oxygen atoms in total. The Balaban J connectivity index is 1.68. The lowest BCUT2D eigenvalue weighted by atomic mass is 9.94. The summed E-state index contributed by atoms with van der Waals surface area (Å²) < 4.78 is 0. The molecular weight excluding hydrogens is 226 g/mol. The van der Waals surface area contributed by atoms with Crippen molar-refractivity contribution in [3.63, 3.8) is 0 Å². The summed E-state index contributed by atoms with van der Waals surface area (Å²) in [5.41, 5.74) is 2.04. The Morgan fingerprint density at radius 1 is 1.33 bits per heavy atom. The first-order chi connectivity index (χ1) is 8.72. The fourth-order valence-corrected chi connectivity index (χ4v) is 2.83. The molecule has 1 N–H and O–H groups in total. The van der Waals surface area contributed by atoms with Gasteiger partial charge >= 0.3 is 6.03 Å². The highest BCUT2D eigenvalue weighted by Crippen LogP contribution is 2.27. The quantitative estimate of drug-likeness (QED) is 0.825. The van der Waals surface area contributed by atoms with Gasteiger partial charge in [-0.15, -0.1) is 0 Å². The Morgan fingerprint density at radius 3 is 2.72 bits per heavy atom. The average Bonchev–Trinajstić information content (AvgIpc) is 2.40. The van der Waals surface area contributed by atoms with Gasteiger partial charge < -0.3 is 5.32 Å². The number of rotatable bonds is 1. The summed E-state index contributed by atoms with van der Waals surface area (Å²) in [7, 11) is 0. The van der Waals surface area contributed by atoms with Crippen molar-refractivity contribution >= 4 is 11.7 Å². The highest BCUT2D eigenvalue weighted by molar-refractivity contribution is 5.89. The van der Waals surface area contributed by atoms with E-state index in [0.717, 1.165) is 30.9 Å². The van der Waals surface area contributed by atoms with E-state index in [4.69, 9.17) is 0 Å². The van der Waals surface area contributed by atoms with Crippen molar-refractivity contribution in [2.45, 2.75) is 19.8 Å². The van der Waals surface area contributed by atoms with E-state index in [-0.39, 0.29) is 6.03 Å². The number of hydrazine groups is 1. The van der Waals surface area contributed by atoms with Crippen molar-refractivity contribution in [2.75, 3.05) is 25.0 Å². The topological polar surface area (TPSA) is 35.6 Å². The number of aryl methyl sites for hydroxylation is 1. The van der Waals surface area contributed by atoms with E-state index >= 15 is 0 Å². The lowest BCUT2D eigenvalue weighted by molar-refractivity contribution is -0.0698. The smallest absolute Gasteiger partial charge is 0.307 e. The lowest BCUT2D eigenvalue weighted by Crippen LogP contribution is -2.58. The molecule has 3 aliphatic rings. The van der Waals surface area contributed by atoms with E-state index in [0.29, 0.717) is 5.92 Å². The van der Waals surface area contributed by atoms with E-state index < -0.39 is 0 Å². The molecule has 1 aromatic rings. The van der Waals surface area contributed by atoms with E-state index in [9.17, 15) is 4.79 Å². The van der Waals surface area contributed by atoms with Crippen molar-refractivity contribution < 1.29 is 4.79 Å². The van der Waals surface area contributed by atoms with Crippen LogP contribution in [0.4, 0.5) is 10.5 Å². The first-order valence-electron chi connectivity index (χ1n) is 6.62. The molecule has 0 spiro atoms. The zero-order chi connectivity index (χ0) is 12.5. The van der Waals surface area contributed by atoms with Crippen molar-refractivity contribution in [1.29, 1.82) is 0 Å². The van der Waals surface area contributed by atoms with Crippen LogP contribution >= 0.6 is 0 Å². The molecule has 4 heteroatoms. The van der Waals surface area contributed by atoms with E-state index in [1.807, 2.05) is 36.2 Å². The van der Waals surface area contributed by atoms with Crippen LogP contribution in [0.3, 0.4) is 0 Å². The van der Waals surface area contributed by atoms with Crippen molar-refractivity contribution in [1.82, 2.24) is 10.0 Å². The SMILES string of the molecule is Cc1cccc(NC(=O)N2CC3CCN2CC3)c1. The second kappa shape index (κ2) is 4.61. The maximum absolute atomic E-state index is 12.2. The minimum atomic E-state index is 0.00463. The molecule has 0 saturated carbocycles. The van der Waals surface area contributed by atoms with Crippen LogP contribution in [0.5, 0.6) is 0 Å². The average molecular weight is 245 g/mol. The van der Waals surface area contributed by atoms with Crippen LogP contribution in [0.1, 0.15) is 18.4 Å². The molecule has 0 aliphatic carbocycles. The van der Waals surface area contributed by atoms with Crippen LogP contribution in [0.25, 0.3) is 0 Å². The number of hydrogen-bond donors (Lipinski definition) is 1. The zero-order valence-electron chi connectivity index (χ0n) is 10.7. The molecular formula is C14H19N3O. The van der Waals surface area contributed by atoms with Crippen molar-refractivity contribution in [3.8, 4) is 0 Å². The molecule has 0 radical (unpaired) electrons. The maximum atomic E-state index is 12.2. The number of carbonyl (C=O) groups is 1. The second-order valence-corrected chi connectivity index (χ2v) is 5.28. The molecule has 18 heavy (non-hydrogen) atoms. The molecule has 2 bridgehead atoms. The molecule has 0 aromatic heterocycles. The number of nitrogens with zero attached hydrogens (tertiary/aromatic N) is 2. The summed E-state index contributed by atoms with van der Waals surface area (Å²) in [5, 5.41) is 7.03. The molecule has 0 unspecified atom stereocenters. The van der Waals surface area contributed by atoms with Crippen molar-refractivity contribution in [2.24, 2.45) is 5.92 Å². The maximum Gasteiger partial charge on any atom is 0.336 e. The predicted octanol–water partition coefficient (Wildman–Crippen LogP) is 2.47. The first-order valence-corrected chi connectivity index (χ1v) is 6.62. The standard InChI is InChI=1S/C14H19N3O/c1-11-3-2-4-13(9-11)15-14(18)17-10-12-5-7-16(17)8-6-12/h2-4,9,12H,5-8,10H2,1H3,(H,15,18). The van der Waals surface area contributed by atoms with Gasteiger partial charge in [-0.3, -0.25) is 5.01 Å². The summed E-state index contributed by atoms with van der Waals surface area (Å²) in [6.45, 7) is 4.94. The molecule has 96 valence electrons. The minimum absolute atomic E-state index is 0.00463. The van der Waals surface area contributed by atoms with Crippen LogP contribution in [-0.4, -0.2) is 35.7 Å². The van der Waals surface area contributed by atoms with Gasteiger partial charge in [-0.2, -0.15) is 0 Å². The number of piperidine rings is 1. The molecule has 3 saturated heterocycles. The normalized spacial score (nSPS) is 26.2. The van der Waals surface area contributed by atoms with Crippen LogP contribution in [0, 0.1) is 12.8 Å². The molecule has 4 rings (SSSR count). The van der Waals surface area contributed by atoms with Crippen LogP contribution in [-0.2, 0) is 0 Å². The van der Waals surface area contributed by atoms with Crippen LogP contribution < -0.4 is 5.32 Å². The van der Waals surface area contributed by atoms with Gasteiger partial charge in [0.2, 0.25) is 0 Å². The number of anilines is 1. The Labute approximate surface area is 108 Å². The fourth-order valence-electron chi connectivity index (χ4n) is 2.83.